The number of hydrogen-bond donors (Lipinski definition) is 4. The van der Waals surface area contributed by atoms with Crippen LogP contribution in [0.15, 0.2) is 75.5 Å². The zero-order valence-electron chi connectivity index (χ0n) is 20.7. The summed E-state index contributed by atoms with van der Waals surface area (Å²) in [5.41, 5.74) is 4.08. The fraction of sp³-hybridized carbons (Fsp3) is 0.185. The van der Waals surface area contributed by atoms with Gasteiger partial charge >= 0.3 is 11.9 Å². The molecule has 10 heteroatoms. The van der Waals surface area contributed by atoms with Crippen LogP contribution in [0.3, 0.4) is 0 Å². The summed E-state index contributed by atoms with van der Waals surface area (Å²) in [4.78, 5) is 40.2. The maximum absolute atomic E-state index is 12.7. The number of H-pyrrole nitrogens is 2. The van der Waals surface area contributed by atoms with Gasteiger partial charge in [-0.05, 0) is 68.0 Å². The van der Waals surface area contributed by atoms with E-state index in [-0.39, 0.29) is 11.1 Å². The van der Waals surface area contributed by atoms with Gasteiger partial charge in [-0.1, -0.05) is 0 Å². The third-order valence-corrected chi connectivity index (χ3v) is 6.00. The molecule has 2 aliphatic heterocycles. The molecule has 10 nitrogen and oxygen atoms in total. The Morgan fingerprint density at radius 1 is 0.838 bits per heavy atom. The summed E-state index contributed by atoms with van der Waals surface area (Å²) in [5, 5.41) is 20.1. The molecule has 190 valence electrons. The lowest BCUT2D eigenvalue weighted by atomic mass is 10.1. The third kappa shape index (κ3) is 5.06. The Hall–Kier alpha value is -4.54. The predicted molar refractivity (Wildman–Crippen MR) is 139 cm³/mol. The number of nitrogens with one attached hydrogen (secondary N) is 2. The van der Waals surface area contributed by atoms with Gasteiger partial charge in [-0.15, -0.1) is 0 Å². The highest BCUT2D eigenvalue weighted by atomic mass is 16.5. The number of aliphatic hydroxyl groups excluding tert-OH is 1. The number of carbonyl (C=O) groups is 2. The zero-order valence-corrected chi connectivity index (χ0v) is 20.7. The average molecular weight is 503 g/mol. The Morgan fingerprint density at radius 2 is 1.51 bits per heavy atom. The van der Waals surface area contributed by atoms with Crippen molar-refractivity contribution in [3.63, 3.8) is 0 Å². The van der Waals surface area contributed by atoms with Crippen molar-refractivity contribution in [2.24, 2.45) is 9.98 Å². The second kappa shape index (κ2) is 10.6. The molecule has 0 bridgehead atoms. The number of carbonyl (C=O) groups excluding carboxylic acids is 2. The van der Waals surface area contributed by atoms with Crippen LogP contribution in [0.5, 0.6) is 0 Å². The van der Waals surface area contributed by atoms with Gasteiger partial charge < -0.3 is 29.7 Å². The van der Waals surface area contributed by atoms with Crippen LogP contribution in [0.2, 0.25) is 0 Å². The Bertz CT molecular complexity index is 1560. The molecular formula is C27H26N4O6. The van der Waals surface area contributed by atoms with E-state index in [1.807, 2.05) is 19.1 Å². The van der Waals surface area contributed by atoms with Crippen LogP contribution in [0.1, 0.15) is 25.2 Å². The van der Waals surface area contributed by atoms with Gasteiger partial charge in [0.15, 0.2) is 6.29 Å². The molecule has 0 saturated carbocycles. The van der Waals surface area contributed by atoms with Crippen LogP contribution in [-0.2, 0) is 19.1 Å². The number of aliphatic hydroxyl groups is 2. The molecule has 2 aromatic rings. The predicted octanol–water partition coefficient (Wildman–Crippen LogP) is 1.01. The van der Waals surface area contributed by atoms with Gasteiger partial charge in [-0.2, -0.15) is 0 Å². The highest BCUT2D eigenvalue weighted by molar-refractivity contribution is 6.44. The topological polar surface area (TPSA) is 149 Å². The lowest BCUT2D eigenvalue weighted by Gasteiger charge is -2.05. The minimum atomic E-state index is -1.66. The van der Waals surface area contributed by atoms with E-state index in [1.54, 1.807) is 49.6 Å². The van der Waals surface area contributed by atoms with E-state index in [2.05, 4.69) is 20.0 Å². The highest BCUT2D eigenvalue weighted by Gasteiger charge is 2.22. The molecule has 4 rings (SSSR count). The molecule has 0 fully saturated rings. The summed E-state index contributed by atoms with van der Waals surface area (Å²) in [6.07, 6.45) is 6.64. The standard InChI is InChI=1S/C27H26N4O6/c1-14(16-7-10-20(29-16)23(26(34)36-3)19-6-5-13-28-19)17-8-11-21(30-17)24(27(35)37-4)22-12-9-18(31-22)15(2)25(32)33/h5-13,25,29-30,32-33H,1-4H3/b17-14-,18-15+,23-19+,24-21?. The van der Waals surface area contributed by atoms with Crippen LogP contribution in [-0.4, -0.2) is 64.6 Å². The van der Waals surface area contributed by atoms with Crippen molar-refractivity contribution in [1.82, 2.24) is 9.97 Å². The molecule has 2 aliphatic rings. The van der Waals surface area contributed by atoms with E-state index in [9.17, 15) is 19.8 Å². The largest absolute Gasteiger partial charge is 0.465 e. The molecule has 0 saturated heterocycles. The SMILES string of the molecule is COC(=O)C(C1=N/C(=C(\C)C(O)O)C=C1)=c1cc/c(=C(\C)c2ccc(/C(C(=O)OC)=C3/C=CC=N3)[nH]2)[nH]1. The van der Waals surface area contributed by atoms with Crippen molar-refractivity contribution in [3.8, 4) is 0 Å². The second-order valence-electron chi connectivity index (χ2n) is 8.22. The van der Waals surface area contributed by atoms with E-state index in [0.717, 1.165) is 16.6 Å². The Balaban J connectivity index is 1.80. The number of hydrogen-bond acceptors (Lipinski definition) is 8. The highest BCUT2D eigenvalue weighted by Crippen LogP contribution is 2.25. The van der Waals surface area contributed by atoms with Gasteiger partial charge in [-0.3, -0.25) is 4.99 Å². The molecule has 0 radical (unpaired) electrons. The maximum Gasteiger partial charge on any atom is 0.342 e. The number of methoxy groups -OCH3 is 2. The Kier molecular flexibility index (Phi) is 7.32. The van der Waals surface area contributed by atoms with Gasteiger partial charge in [0.1, 0.15) is 11.1 Å². The van der Waals surface area contributed by atoms with Gasteiger partial charge in [-0.25, -0.2) is 14.6 Å². The molecule has 0 aromatic carbocycles. The smallest absolute Gasteiger partial charge is 0.342 e. The van der Waals surface area contributed by atoms with E-state index in [4.69, 9.17) is 9.47 Å². The van der Waals surface area contributed by atoms with E-state index < -0.39 is 18.2 Å². The van der Waals surface area contributed by atoms with Crippen LogP contribution in [0, 0.1) is 0 Å². The van der Waals surface area contributed by atoms with E-state index in [0.29, 0.717) is 33.7 Å². The maximum atomic E-state index is 12.7. The van der Waals surface area contributed by atoms with Gasteiger partial charge in [0, 0.05) is 22.8 Å². The van der Waals surface area contributed by atoms with Crippen LogP contribution >= 0.6 is 0 Å². The summed E-state index contributed by atoms with van der Waals surface area (Å²) in [5.74, 6) is -1.11. The van der Waals surface area contributed by atoms with Gasteiger partial charge in [0.2, 0.25) is 0 Å². The van der Waals surface area contributed by atoms with E-state index >= 15 is 0 Å². The Labute approximate surface area is 212 Å². The molecule has 37 heavy (non-hydrogen) atoms. The minimum absolute atomic E-state index is 0.198. The molecule has 0 aliphatic carbocycles. The van der Waals surface area contributed by atoms with Crippen LogP contribution in [0.4, 0.5) is 0 Å². The average Bonchev–Trinajstić information content (AvgIpc) is 3.71. The molecular weight excluding hydrogens is 476 g/mol. The quantitative estimate of drug-likeness (QED) is 0.263. The number of rotatable bonds is 6. The van der Waals surface area contributed by atoms with Crippen molar-refractivity contribution >= 4 is 40.6 Å². The first kappa shape index (κ1) is 25.5. The number of aliphatic imine (C=N–C) groups is 2. The van der Waals surface area contributed by atoms with Crippen LogP contribution in [0.25, 0.3) is 16.7 Å². The molecule has 4 heterocycles. The third-order valence-electron chi connectivity index (χ3n) is 6.00. The second-order valence-corrected chi connectivity index (χ2v) is 8.22. The van der Waals surface area contributed by atoms with E-state index in [1.165, 1.54) is 14.2 Å². The number of ether oxygens (including phenoxy) is 2. The number of esters is 2. The summed E-state index contributed by atoms with van der Waals surface area (Å²) >= 11 is 0. The molecule has 0 amide bonds. The molecule has 0 spiro atoms. The first-order valence-corrected chi connectivity index (χ1v) is 11.3. The Morgan fingerprint density at radius 3 is 2.16 bits per heavy atom. The fourth-order valence-corrected chi connectivity index (χ4v) is 3.88. The van der Waals surface area contributed by atoms with Crippen molar-refractivity contribution in [3.05, 3.63) is 87.6 Å². The van der Waals surface area contributed by atoms with Crippen molar-refractivity contribution in [2.75, 3.05) is 14.2 Å². The van der Waals surface area contributed by atoms with Gasteiger partial charge in [0.05, 0.1) is 42.4 Å². The van der Waals surface area contributed by atoms with Crippen molar-refractivity contribution in [2.45, 2.75) is 20.1 Å². The summed E-state index contributed by atoms with van der Waals surface area (Å²) < 4.78 is 9.93. The monoisotopic (exact) mass is 502 g/mol. The number of aromatic amines is 2. The fourth-order valence-electron chi connectivity index (χ4n) is 3.88. The van der Waals surface area contributed by atoms with Crippen LogP contribution < -0.4 is 10.7 Å². The number of nitrogens with zero attached hydrogens (tertiary/aromatic N) is 2. The lowest BCUT2D eigenvalue weighted by molar-refractivity contribution is -0.134. The van der Waals surface area contributed by atoms with Crippen molar-refractivity contribution in [1.29, 1.82) is 0 Å². The minimum Gasteiger partial charge on any atom is -0.465 e. The summed E-state index contributed by atoms with van der Waals surface area (Å²) in [7, 11) is 2.60. The summed E-state index contributed by atoms with van der Waals surface area (Å²) in [6, 6.07) is 7.17. The lowest BCUT2D eigenvalue weighted by Crippen LogP contribution is -2.23. The molecule has 0 atom stereocenters. The number of allylic oxidation sites excluding steroid dienone is 4. The van der Waals surface area contributed by atoms with Crippen molar-refractivity contribution < 1.29 is 29.3 Å². The molecule has 0 unspecified atom stereocenters. The first-order valence-electron chi connectivity index (χ1n) is 11.3. The molecule has 4 N–H and O–H groups in total. The number of aromatic nitrogens is 2. The summed E-state index contributed by atoms with van der Waals surface area (Å²) in [6.45, 7) is 3.43. The molecule has 2 aromatic heterocycles. The first-order chi connectivity index (χ1) is 17.7. The van der Waals surface area contributed by atoms with Gasteiger partial charge in [0.25, 0.3) is 0 Å². The normalized spacial score (nSPS) is 18.7. The zero-order chi connectivity index (χ0) is 26.7.